The lowest BCUT2D eigenvalue weighted by atomic mass is 9.63. The van der Waals surface area contributed by atoms with E-state index in [9.17, 15) is 9.90 Å². The van der Waals surface area contributed by atoms with Gasteiger partial charge < -0.3 is 19.6 Å². The summed E-state index contributed by atoms with van der Waals surface area (Å²) in [6.45, 7) is 5.22. The van der Waals surface area contributed by atoms with Crippen LogP contribution in [-0.4, -0.2) is 49.3 Å². The van der Waals surface area contributed by atoms with Crippen molar-refractivity contribution in [3.05, 3.63) is 53.9 Å². The van der Waals surface area contributed by atoms with Crippen molar-refractivity contribution >= 4 is 11.7 Å². The highest BCUT2D eigenvalue weighted by Gasteiger charge is 2.46. The van der Waals surface area contributed by atoms with Crippen LogP contribution in [0.5, 0.6) is 0 Å². The Labute approximate surface area is 173 Å². The van der Waals surface area contributed by atoms with Crippen LogP contribution in [0, 0.1) is 11.3 Å². The number of para-hydroxylation sites is 1. The summed E-state index contributed by atoms with van der Waals surface area (Å²) in [5, 5.41) is 10.4. The lowest BCUT2D eigenvalue weighted by Crippen LogP contribution is -2.49. The number of anilines is 1. The molecule has 1 N–H and O–H groups in total. The van der Waals surface area contributed by atoms with E-state index in [1.807, 2.05) is 6.20 Å². The molecule has 0 aliphatic carbocycles. The molecule has 5 nitrogen and oxygen atoms in total. The SMILES string of the molecule is CCC12CCCN(/C=C/C(=O)OC)CC3C=C(C1CO)N(CC2)c1ccccc13. The zero-order chi connectivity index (χ0) is 20.4. The van der Waals surface area contributed by atoms with Gasteiger partial charge in [0.2, 0.25) is 0 Å². The highest BCUT2D eigenvalue weighted by atomic mass is 16.5. The Morgan fingerprint density at radius 2 is 2.14 bits per heavy atom. The fourth-order valence-electron chi connectivity index (χ4n) is 5.63. The molecule has 5 heteroatoms. The van der Waals surface area contributed by atoms with Crippen LogP contribution in [0.1, 0.15) is 44.1 Å². The number of carbonyl (C=O) groups excluding carboxylic acids is 1. The Kier molecular flexibility index (Phi) is 5.68. The molecule has 3 unspecified atom stereocenters. The average Bonchev–Trinajstić information content (AvgIpc) is 2.76. The van der Waals surface area contributed by atoms with Gasteiger partial charge in [-0.05, 0) is 42.7 Å². The molecule has 1 aromatic rings. The topological polar surface area (TPSA) is 53.0 Å². The Bertz CT molecular complexity index is 818. The summed E-state index contributed by atoms with van der Waals surface area (Å²) in [4.78, 5) is 16.3. The number of benzene rings is 1. The van der Waals surface area contributed by atoms with Crippen LogP contribution < -0.4 is 4.90 Å². The lowest BCUT2D eigenvalue weighted by Gasteiger charge is -2.53. The van der Waals surface area contributed by atoms with Gasteiger partial charge in [-0.2, -0.15) is 0 Å². The van der Waals surface area contributed by atoms with E-state index in [1.165, 1.54) is 30.1 Å². The molecule has 1 aromatic carbocycles. The number of aliphatic hydroxyl groups is 1. The first-order valence-electron chi connectivity index (χ1n) is 10.8. The highest BCUT2D eigenvalue weighted by Crippen LogP contribution is 2.52. The number of ether oxygens (including phenoxy) is 1. The van der Waals surface area contributed by atoms with Crippen LogP contribution in [0.2, 0.25) is 0 Å². The zero-order valence-corrected chi connectivity index (χ0v) is 17.5. The smallest absolute Gasteiger partial charge is 0.331 e. The fourth-order valence-corrected chi connectivity index (χ4v) is 5.63. The first kappa shape index (κ1) is 20.0. The van der Waals surface area contributed by atoms with Crippen molar-refractivity contribution in [1.29, 1.82) is 0 Å². The van der Waals surface area contributed by atoms with Gasteiger partial charge in [0.05, 0.1) is 13.7 Å². The number of nitrogens with zero attached hydrogens (tertiary/aromatic N) is 2. The molecular weight excluding hydrogens is 364 g/mol. The largest absolute Gasteiger partial charge is 0.466 e. The minimum atomic E-state index is -0.321. The molecule has 0 spiro atoms. The van der Waals surface area contributed by atoms with Crippen molar-refractivity contribution in [1.82, 2.24) is 4.90 Å². The predicted octanol–water partition coefficient (Wildman–Crippen LogP) is 3.67. The van der Waals surface area contributed by atoms with Gasteiger partial charge in [0.15, 0.2) is 0 Å². The summed E-state index contributed by atoms with van der Waals surface area (Å²) in [5.41, 5.74) is 4.04. The van der Waals surface area contributed by atoms with Crippen molar-refractivity contribution < 1.29 is 14.6 Å². The predicted molar refractivity (Wildman–Crippen MR) is 114 cm³/mol. The third-order valence-electron chi connectivity index (χ3n) is 7.30. The highest BCUT2D eigenvalue weighted by molar-refractivity contribution is 5.81. The Hall–Kier alpha value is -2.27. The number of methoxy groups -OCH3 is 1. The summed E-state index contributed by atoms with van der Waals surface area (Å²) in [5.74, 6) is 0.103. The Morgan fingerprint density at radius 1 is 1.31 bits per heavy atom. The van der Waals surface area contributed by atoms with Crippen LogP contribution >= 0.6 is 0 Å². The van der Waals surface area contributed by atoms with Gasteiger partial charge in [-0.1, -0.05) is 31.2 Å². The number of carbonyl (C=O) groups is 1. The van der Waals surface area contributed by atoms with E-state index in [2.05, 4.69) is 47.1 Å². The van der Waals surface area contributed by atoms with E-state index in [0.717, 1.165) is 45.3 Å². The van der Waals surface area contributed by atoms with Crippen LogP contribution in [-0.2, 0) is 9.53 Å². The molecule has 3 aliphatic rings. The third kappa shape index (κ3) is 3.57. The molecule has 1 saturated heterocycles. The monoisotopic (exact) mass is 396 g/mol. The number of rotatable bonds is 4. The minimum absolute atomic E-state index is 0.142. The fraction of sp³-hybridized carbons (Fsp3) is 0.542. The van der Waals surface area contributed by atoms with Gasteiger partial charge in [-0.3, -0.25) is 0 Å². The molecule has 0 aromatic heterocycles. The maximum atomic E-state index is 11.6. The van der Waals surface area contributed by atoms with Gasteiger partial charge in [-0.25, -0.2) is 4.79 Å². The summed E-state index contributed by atoms with van der Waals surface area (Å²) in [6, 6.07) is 8.64. The van der Waals surface area contributed by atoms with E-state index in [1.54, 1.807) is 0 Å². The summed E-state index contributed by atoms with van der Waals surface area (Å²) in [6.07, 6.45) is 10.1. The quantitative estimate of drug-likeness (QED) is 0.622. The van der Waals surface area contributed by atoms with Crippen LogP contribution in [0.3, 0.4) is 0 Å². The second kappa shape index (κ2) is 8.23. The molecule has 29 heavy (non-hydrogen) atoms. The Morgan fingerprint density at radius 3 is 2.90 bits per heavy atom. The standard InChI is InChI=1S/C24H32N2O3/c1-3-24-10-6-12-25(13-9-23(28)29-2)16-18-15-22(20(24)17-27)26(14-11-24)21-8-5-4-7-19(18)21/h4-5,7-9,13,15,18,20,27H,3,6,10-12,14,16-17H2,1-2H3/b13-9+. The molecule has 3 aliphatic heterocycles. The van der Waals surface area contributed by atoms with Gasteiger partial charge in [-0.15, -0.1) is 0 Å². The first-order chi connectivity index (χ1) is 14.1. The molecule has 3 atom stereocenters. The van der Waals surface area contributed by atoms with E-state index in [-0.39, 0.29) is 29.8 Å². The summed E-state index contributed by atoms with van der Waals surface area (Å²) in [7, 11) is 1.41. The number of esters is 1. The van der Waals surface area contributed by atoms with Gasteiger partial charge in [0, 0.05) is 55.1 Å². The van der Waals surface area contributed by atoms with Crippen molar-refractivity contribution in [3.8, 4) is 0 Å². The summed E-state index contributed by atoms with van der Waals surface area (Å²) < 4.78 is 4.78. The Balaban J connectivity index is 1.77. The maximum Gasteiger partial charge on any atom is 0.331 e. The molecule has 0 saturated carbocycles. The molecule has 3 bridgehead atoms. The van der Waals surface area contributed by atoms with Crippen molar-refractivity contribution in [3.63, 3.8) is 0 Å². The zero-order valence-electron chi connectivity index (χ0n) is 17.5. The van der Waals surface area contributed by atoms with Gasteiger partial charge in [0.25, 0.3) is 0 Å². The van der Waals surface area contributed by atoms with E-state index >= 15 is 0 Å². The molecule has 156 valence electrons. The normalized spacial score (nSPS) is 28.9. The summed E-state index contributed by atoms with van der Waals surface area (Å²) >= 11 is 0. The van der Waals surface area contributed by atoms with Crippen LogP contribution in [0.15, 0.2) is 48.3 Å². The minimum Gasteiger partial charge on any atom is -0.466 e. The average molecular weight is 397 g/mol. The maximum absolute atomic E-state index is 11.6. The number of fused-ring (bicyclic) bond motifs is 5. The number of hydrogen-bond donors (Lipinski definition) is 1. The van der Waals surface area contributed by atoms with Crippen LogP contribution in [0.4, 0.5) is 5.69 Å². The third-order valence-corrected chi connectivity index (χ3v) is 7.30. The molecule has 4 rings (SSSR count). The second-order valence-electron chi connectivity index (χ2n) is 8.55. The molecule has 1 fully saturated rings. The number of hydrogen-bond acceptors (Lipinski definition) is 5. The number of piperidine rings is 1. The second-order valence-corrected chi connectivity index (χ2v) is 8.55. The molecule has 0 radical (unpaired) electrons. The molecule has 3 heterocycles. The van der Waals surface area contributed by atoms with Crippen molar-refractivity contribution in [2.24, 2.45) is 11.3 Å². The van der Waals surface area contributed by atoms with Crippen molar-refractivity contribution in [2.75, 3.05) is 38.3 Å². The van der Waals surface area contributed by atoms with Gasteiger partial charge >= 0.3 is 5.97 Å². The molecular formula is C24H32N2O3. The van der Waals surface area contributed by atoms with E-state index in [4.69, 9.17) is 4.74 Å². The lowest BCUT2D eigenvalue weighted by molar-refractivity contribution is -0.134. The van der Waals surface area contributed by atoms with Gasteiger partial charge in [0.1, 0.15) is 0 Å². The molecule has 0 amide bonds. The van der Waals surface area contributed by atoms with Crippen LogP contribution in [0.25, 0.3) is 0 Å². The van der Waals surface area contributed by atoms with E-state index < -0.39 is 0 Å². The first-order valence-corrected chi connectivity index (χ1v) is 10.8. The number of aliphatic hydroxyl groups excluding tert-OH is 1. The van der Waals surface area contributed by atoms with Crippen molar-refractivity contribution in [2.45, 2.75) is 38.5 Å². The van der Waals surface area contributed by atoms with E-state index in [0.29, 0.717) is 0 Å².